The third-order valence-electron chi connectivity index (χ3n) is 3.00. The first kappa shape index (κ1) is 14.2. The predicted octanol–water partition coefficient (Wildman–Crippen LogP) is 4.47. The van der Waals surface area contributed by atoms with Crippen LogP contribution in [0.15, 0.2) is 15.9 Å². The molecule has 0 aliphatic rings. The molecule has 0 fully saturated rings. The monoisotopic (exact) mass is 303 g/mol. The van der Waals surface area contributed by atoms with Crippen molar-refractivity contribution < 1.29 is 0 Å². The highest BCUT2D eigenvalue weighted by atomic mass is 79.9. The molecule has 1 N–H and O–H groups in total. The van der Waals surface area contributed by atoms with E-state index in [1.165, 1.54) is 22.2 Å². The Bertz CT molecular complexity index is 298. The maximum Gasteiger partial charge on any atom is 0.0314 e. The molecule has 1 rings (SSSR count). The van der Waals surface area contributed by atoms with Crippen molar-refractivity contribution in [2.75, 3.05) is 6.54 Å². The van der Waals surface area contributed by atoms with E-state index >= 15 is 0 Å². The van der Waals surface area contributed by atoms with E-state index in [2.05, 4.69) is 53.5 Å². The van der Waals surface area contributed by atoms with Crippen LogP contribution in [0.1, 0.15) is 38.5 Å². The fraction of sp³-hybridized carbons (Fsp3) is 0.692. The number of hydrogen-bond donors (Lipinski definition) is 1. The Labute approximate surface area is 112 Å². The molecule has 0 saturated carbocycles. The van der Waals surface area contributed by atoms with Gasteiger partial charge in [0.2, 0.25) is 0 Å². The van der Waals surface area contributed by atoms with Crippen molar-refractivity contribution in [2.24, 2.45) is 5.92 Å². The van der Waals surface area contributed by atoms with Gasteiger partial charge in [-0.2, -0.15) is 0 Å². The maximum atomic E-state index is 3.61. The predicted molar refractivity (Wildman–Crippen MR) is 77.3 cm³/mol. The molecule has 0 aliphatic heterocycles. The number of halogens is 1. The second kappa shape index (κ2) is 7.46. The average Bonchev–Trinajstić information content (AvgIpc) is 2.64. The van der Waals surface area contributed by atoms with Crippen LogP contribution in [-0.4, -0.2) is 12.6 Å². The van der Waals surface area contributed by atoms with Crippen LogP contribution in [0.4, 0.5) is 0 Å². The molecule has 0 bridgehead atoms. The number of likely N-dealkylation sites (N-methyl/N-ethyl adjacent to an activating group) is 1. The van der Waals surface area contributed by atoms with Gasteiger partial charge in [0.05, 0.1) is 0 Å². The van der Waals surface area contributed by atoms with Crippen molar-refractivity contribution in [3.63, 3.8) is 0 Å². The Morgan fingerprint density at radius 1 is 1.44 bits per heavy atom. The molecule has 0 radical (unpaired) electrons. The highest BCUT2D eigenvalue weighted by molar-refractivity contribution is 9.10. The van der Waals surface area contributed by atoms with E-state index in [0.717, 1.165) is 18.9 Å². The topological polar surface area (TPSA) is 12.0 Å². The minimum Gasteiger partial charge on any atom is -0.314 e. The molecule has 0 saturated heterocycles. The fourth-order valence-corrected chi connectivity index (χ4v) is 3.47. The first-order chi connectivity index (χ1) is 7.67. The van der Waals surface area contributed by atoms with E-state index in [0.29, 0.717) is 6.04 Å². The van der Waals surface area contributed by atoms with Crippen LogP contribution in [0, 0.1) is 5.92 Å². The maximum absolute atomic E-state index is 3.61. The Balaban J connectivity index is 2.54. The largest absolute Gasteiger partial charge is 0.314 e. The third kappa shape index (κ3) is 4.56. The zero-order valence-electron chi connectivity index (χ0n) is 10.4. The summed E-state index contributed by atoms with van der Waals surface area (Å²) in [6.07, 6.45) is 3.69. The van der Waals surface area contributed by atoms with Crippen molar-refractivity contribution in [2.45, 2.75) is 46.1 Å². The summed E-state index contributed by atoms with van der Waals surface area (Å²) in [5, 5.41) is 5.76. The minimum absolute atomic E-state index is 0.620. The number of hydrogen-bond acceptors (Lipinski definition) is 2. The Hall–Kier alpha value is 0.140. The van der Waals surface area contributed by atoms with Crippen molar-refractivity contribution >= 4 is 27.3 Å². The second-order valence-corrected chi connectivity index (χ2v) is 6.25. The number of rotatable bonds is 7. The molecule has 2 unspecified atom stereocenters. The van der Waals surface area contributed by atoms with Gasteiger partial charge in [0.15, 0.2) is 0 Å². The van der Waals surface area contributed by atoms with Crippen molar-refractivity contribution in [1.29, 1.82) is 0 Å². The zero-order valence-corrected chi connectivity index (χ0v) is 12.8. The molecule has 0 aromatic carbocycles. The van der Waals surface area contributed by atoms with Gasteiger partial charge >= 0.3 is 0 Å². The molecule has 92 valence electrons. The molecule has 0 spiro atoms. The number of nitrogens with one attached hydrogen (secondary N) is 1. The zero-order chi connectivity index (χ0) is 12.0. The summed E-state index contributed by atoms with van der Waals surface area (Å²) < 4.78 is 1.27. The normalized spacial score (nSPS) is 15.0. The van der Waals surface area contributed by atoms with Crippen LogP contribution >= 0.6 is 27.3 Å². The van der Waals surface area contributed by atoms with Crippen LogP contribution < -0.4 is 5.32 Å². The smallest absolute Gasteiger partial charge is 0.0314 e. The van der Waals surface area contributed by atoms with Crippen LogP contribution in [0.5, 0.6) is 0 Å². The SMILES string of the molecule is CCNC(Cc1sccc1Br)CC(C)CC. The van der Waals surface area contributed by atoms with Crippen molar-refractivity contribution in [3.05, 3.63) is 20.8 Å². The molecule has 0 aliphatic carbocycles. The highest BCUT2D eigenvalue weighted by Crippen LogP contribution is 2.25. The molecule has 3 heteroatoms. The lowest BCUT2D eigenvalue weighted by Crippen LogP contribution is -2.32. The molecule has 1 heterocycles. The Morgan fingerprint density at radius 3 is 2.69 bits per heavy atom. The van der Waals surface area contributed by atoms with E-state index in [1.807, 2.05) is 11.3 Å². The van der Waals surface area contributed by atoms with E-state index in [9.17, 15) is 0 Å². The van der Waals surface area contributed by atoms with Gasteiger partial charge in [-0.25, -0.2) is 0 Å². The summed E-state index contributed by atoms with van der Waals surface area (Å²) in [7, 11) is 0. The summed E-state index contributed by atoms with van der Waals surface area (Å²) in [6, 6.07) is 2.77. The first-order valence-corrected chi connectivity index (χ1v) is 7.79. The summed E-state index contributed by atoms with van der Waals surface area (Å²) in [6.45, 7) is 7.86. The van der Waals surface area contributed by atoms with E-state index in [-0.39, 0.29) is 0 Å². The van der Waals surface area contributed by atoms with E-state index in [1.54, 1.807) is 0 Å². The lowest BCUT2D eigenvalue weighted by molar-refractivity contribution is 0.398. The van der Waals surface area contributed by atoms with Crippen LogP contribution in [0.25, 0.3) is 0 Å². The average molecular weight is 304 g/mol. The minimum atomic E-state index is 0.620. The third-order valence-corrected chi connectivity index (χ3v) is 4.95. The quantitative estimate of drug-likeness (QED) is 0.784. The molecular formula is C13H22BrNS. The van der Waals surface area contributed by atoms with Crippen LogP contribution in [-0.2, 0) is 6.42 Å². The molecule has 2 atom stereocenters. The van der Waals surface area contributed by atoms with E-state index < -0.39 is 0 Å². The van der Waals surface area contributed by atoms with Crippen LogP contribution in [0.2, 0.25) is 0 Å². The van der Waals surface area contributed by atoms with Gasteiger partial charge in [-0.1, -0.05) is 27.2 Å². The number of thiophene rings is 1. The molecule has 16 heavy (non-hydrogen) atoms. The van der Waals surface area contributed by atoms with Gasteiger partial charge < -0.3 is 5.32 Å². The fourth-order valence-electron chi connectivity index (χ4n) is 1.87. The second-order valence-electron chi connectivity index (χ2n) is 4.40. The summed E-state index contributed by atoms with van der Waals surface area (Å²) in [5.41, 5.74) is 0. The van der Waals surface area contributed by atoms with Gasteiger partial charge in [-0.3, -0.25) is 0 Å². The van der Waals surface area contributed by atoms with Crippen LogP contribution in [0.3, 0.4) is 0 Å². The lowest BCUT2D eigenvalue weighted by atomic mass is 9.97. The highest BCUT2D eigenvalue weighted by Gasteiger charge is 2.14. The van der Waals surface area contributed by atoms with Gasteiger partial charge in [-0.15, -0.1) is 11.3 Å². The summed E-state index contributed by atoms with van der Waals surface area (Å²) >= 11 is 5.46. The lowest BCUT2D eigenvalue weighted by Gasteiger charge is -2.20. The van der Waals surface area contributed by atoms with Crippen molar-refractivity contribution in [3.8, 4) is 0 Å². The van der Waals surface area contributed by atoms with Gasteiger partial charge in [0.25, 0.3) is 0 Å². The van der Waals surface area contributed by atoms with Crippen molar-refractivity contribution in [1.82, 2.24) is 5.32 Å². The summed E-state index contributed by atoms with van der Waals surface area (Å²) in [4.78, 5) is 1.47. The molecular weight excluding hydrogens is 282 g/mol. The molecule has 1 aromatic heterocycles. The summed E-state index contributed by atoms with van der Waals surface area (Å²) in [5.74, 6) is 0.808. The first-order valence-electron chi connectivity index (χ1n) is 6.12. The van der Waals surface area contributed by atoms with Gasteiger partial charge in [0.1, 0.15) is 0 Å². The van der Waals surface area contributed by atoms with Gasteiger partial charge in [0, 0.05) is 15.4 Å². The molecule has 0 amide bonds. The molecule has 1 nitrogen and oxygen atoms in total. The van der Waals surface area contributed by atoms with E-state index in [4.69, 9.17) is 0 Å². The Morgan fingerprint density at radius 2 is 2.19 bits per heavy atom. The standard InChI is InChI=1S/C13H22BrNS/c1-4-10(3)8-11(15-5-2)9-13-12(14)6-7-16-13/h6-7,10-11,15H,4-5,8-9H2,1-3H3. The molecule has 1 aromatic rings. The van der Waals surface area contributed by atoms with Gasteiger partial charge in [-0.05, 0) is 52.7 Å². The Kier molecular flexibility index (Phi) is 6.62.